The van der Waals surface area contributed by atoms with Crippen molar-refractivity contribution in [2.75, 3.05) is 5.88 Å². The maximum absolute atomic E-state index is 12.2. The molecule has 0 heterocycles. The summed E-state index contributed by atoms with van der Waals surface area (Å²) in [6.45, 7) is 6.05. The summed E-state index contributed by atoms with van der Waals surface area (Å²) in [6, 6.07) is 9.83. The van der Waals surface area contributed by atoms with E-state index in [1.807, 2.05) is 44.2 Å². The first kappa shape index (κ1) is 15.0. The maximum Gasteiger partial charge on any atom is 0.227 e. The zero-order chi connectivity index (χ0) is 13.6. The average molecular weight is 268 g/mol. The Kier molecular flexibility index (Phi) is 5.67. The minimum absolute atomic E-state index is 0.0654. The Bertz CT molecular complexity index is 379. The second-order valence-electron chi connectivity index (χ2n) is 4.97. The van der Waals surface area contributed by atoms with Crippen LogP contribution in [-0.4, -0.2) is 17.3 Å². The van der Waals surface area contributed by atoms with Gasteiger partial charge < -0.3 is 5.32 Å². The third-order valence-corrected chi connectivity index (χ3v) is 3.73. The van der Waals surface area contributed by atoms with Crippen LogP contribution >= 0.6 is 11.6 Å². The number of amides is 1. The Morgan fingerprint density at radius 2 is 2.00 bits per heavy atom. The van der Waals surface area contributed by atoms with Gasteiger partial charge in [0.2, 0.25) is 5.91 Å². The molecular formula is C15H22ClNO. The third kappa shape index (κ3) is 4.02. The van der Waals surface area contributed by atoms with Crippen LogP contribution in [0, 0.1) is 0 Å². The smallest absolute Gasteiger partial charge is 0.227 e. The fourth-order valence-corrected chi connectivity index (χ4v) is 2.25. The van der Waals surface area contributed by atoms with Crippen LogP contribution in [0.5, 0.6) is 0 Å². The van der Waals surface area contributed by atoms with E-state index in [9.17, 15) is 4.79 Å². The predicted molar refractivity (Wildman–Crippen MR) is 77.0 cm³/mol. The largest absolute Gasteiger partial charge is 0.350 e. The Hall–Kier alpha value is -1.02. The summed E-state index contributed by atoms with van der Waals surface area (Å²) in [4.78, 5) is 12.2. The van der Waals surface area contributed by atoms with Gasteiger partial charge in [-0.15, -0.1) is 11.6 Å². The van der Waals surface area contributed by atoms with E-state index in [1.165, 1.54) is 0 Å². The fourth-order valence-electron chi connectivity index (χ4n) is 1.83. The summed E-state index contributed by atoms with van der Waals surface area (Å²) in [5.74, 6) is 0.493. The van der Waals surface area contributed by atoms with Gasteiger partial charge in [-0.3, -0.25) is 4.79 Å². The summed E-state index contributed by atoms with van der Waals surface area (Å²) in [6.07, 6.45) is 1.67. The molecule has 100 valence electrons. The molecule has 1 amide bonds. The topological polar surface area (TPSA) is 29.1 Å². The van der Waals surface area contributed by atoms with E-state index in [0.717, 1.165) is 18.4 Å². The molecule has 1 aromatic carbocycles. The lowest BCUT2D eigenvalue weighted by molar-refractivity contribution is -0.124. The van der Waals surface area contributed by atoms with Crippen molar-refractivity contribution >= 4 is 17.5 Å². The molecule has 0 radical (unpaired) electrons. The van der Waals surface area contributed by atoms with Gasteiger partial charge in [0, 0.05) is 11.4 Å². The van der Waals surface area contributed by atoms with E-state index < -0.39 is 0 Å². The number of hydrogen-bond acceptors (Lipinski definition) is 1. The van der Waals surface area contributed by atoms with Gasteiger partial charge >= 0.3 is 0 Å². The van der Waals surface area contributed by atoms with Crippen molar-refractivity contribution in [1.82, 2.24) is 5.32 Å². The van der Waals surface area contributed by atoms with E-state index in [2.05, 4.69) is 12.2 Å². The molecule has 0 saturated carbocycles. The van der Waals surface area contributed by atoms with Gasteiger partial charge in [-0.1, -0.05) is 37.3 Å². The zero-order valence-electron chi connectivity index (χ0n) is 11.4. The van der Waals surface area contributed by atoms with Crippen molar-refractivity contribution < 1.29 is 4.79 Å². The molecule has 0 spiro atoms. The molecule has 0 aromatic heterocycles. The number of carbonyl (C=O) groups excluding carboxylic acids is 1. The molecule has 0 aliphatic heterocycles. The molecule has 1 rings (SSSR count). The van der Waals surface area contributed by atoms with E-state index in [-0.39, 0.29) is 17.4 Å². The first-order valence-corrected chi connectivity index (χ1v) is 6.99. The van der Waals surface area contributed by atoms with Crippen LogP contribution < -0.4 is 5.32 Å². The normalized spacial score (nSPS) is 15.8. The lowest BCUT2D eigenvalue weighted by Gasteiger charge is -2.30. The summed E-state index contributed by atoms with van der Waals surface area (Å²) in [5, 5.41) is 3.12. The molecule has 2 atom stereocenters. The molecular weight excluding hydrogens is 246 g/mol. The van der Waals surface area contributed by atoms with Gasteiger partial charge in [-0.05, 0) is 32.3 Å². The predicted octanol–water partition coefficient (Wildman–Crippen LogP) is 3.70. The van der Waals surface area contributed by atoms with Crippen molar-refractivity contribution in [1.29, 1.82) is 0 Å². The minimum atomic E-state index is -0.206. The standard InChI is InChI=1S/C15H22ClNO/c1-4-15(3,10-11-16)17-14(18)12(2)13-8-6-5-7-9-13/h5-9,12H,4,10-11H2,1-3H3,(H,17,18). The Labute approximate surface area is 115 Å². The molecule has 0 aliphatic carbocycles. The molecule has 0 bridgehead atoms. The van der Waals surface area contributed by atoms with Gasteiger partial charge in [0.1, 0.15) is 0 Å². The first-order valence-electron chi connectivity index (χ1n) is 6.45. The highest BCUT2D eigenvalue weighted by Crippen LogP contribution is 2.20. The van der Waals surface area contributed by atoms with Crippen LogP contribution in [0.4, 0.5) is 0 Å². The SMILES string of the molecule is CCC(C)(CCCl)NC(=O)C(C)c1ccccc1. The summed E-state index contributed by atoms with van der Waals surface area (Å²) >= 11 is 5.79. The lowest BCUT2D eigenvalue weighted by Crippen LogP contribution is -2.47. The number of benzene rings is 1. The number of rotatable bonds is 6. The number of halogens is 1. The van der Waals surface area contributed by atoms with E-state index in [4.69, 9.17) is 11.6 Å². The lowest BCUT2D eigenvalue weighted by atomic mass is 9.93. The first-order chi connectivity index (χ1) is 8.52. The third-order valence-electron chi connectivity index (χ3n) is 3.54. The Morgan fingerprint density at radius 3 is 2.50 bits per heavy atom. The highest BCUT2D eigenvalue weighted by molar-refractivity contribution is 6.17. The summed E-state index contributed by atoms with van der Waals surface area (Å²) in [7, 11) is 0. The molecule has 0 fully saturated rings. The second-order valence-corrected chi connectivity index (χ2v) is 5.35. The summed E-state index contributed by atoms with van der Waals surface area (Å²) < 4.78 is 0. The molecule has 1 N–H and O–H groups in total. The monoisotopic (exact) mass is 267 g/mol. The molecule has 0 saturated heterocycles. The van der Waals surface area contributed by atoms with E-state index in [0.29, 0.717) is 5.88 Å². The maximum atomic E-state index is 12.2. The van der Waals surface area contributed by atoms with E-state index >= 15 is 0 Å². The van der Waals surface area contributed by atoms with Gasteiger partial charge in [-0.25, -0.2) is 0 Å². The van der Waals surface area contributed by atoms with Crippen LogP contribution in [-0.2, 0) is 4.79 Å². The average Bonchev–Trinajstić information content (AvgIpc) is 2.39. The highest BCUT2D eigenvalue weighted by Gasteiger charge is 2.26. The number of nitrogens with one attached hydrogen (secondary N) is 1. The van der Waals surface area contributed by atoms with Gasteiger partial charge in [-0.2, -0.15) is 0 Å². The van der Waals surface area contributed by atoms with Gasteiger partial charge in [0.05, 0.1) is 5.92 Å². The molecule has 0 aliphatic rings. The van der Waals surface area contributed by atoms with Gasteiger partial charge in [0.15, 0.2) is 0 Å². The fraction of sp³-hybridized carbons (Fsp3) is 0.533. The number of alkyl halides is 1. The van der Waals surface area contributed by atoms with Crippen LogP contribution in [0.1, 0.15) is 45.1 Å². The van der Waals surface area contributed by atoms with Crippen LogP contribution in [0.25, 0.3) is 0 Å². The van der Waals surface area contributed by atoms with E-state index in [1.54, 1.807) is 0 Å². The number of carbonyl (C=O) groups is 1. The highest BCUT2D eigenvalue weighted by atomic mass is 35.5. The summed E-state index contributed by atoms with van der Waals surface area (Å²) in [5.41, 5.74) is 0.835. The molecule has 2 nitrogen and oxygen atoms in total. The Balaban J connectivity index is 2.70. The Morgan fingerprint density at radius 1 is 1.39 bits per heavy atom. The minimum Gasteiger partial charge on any atom is -0.350 e. The van der Waals surface area contributed by atoms with Gasteiger partial charge in [0.25, 0.3) is 0 Å². The molecule has 2 unspecified atom stereocenters. The van der Waals surface area contributed by atoms with Crippen molar-refractivity contribution in [3.8, 4) is 0 Å². The van der Waals surface area contributed by atoms with Crippen molar-refractivity contribution in [2.45, 2.75) is 45.1 Å². The molecule has 18 heavy (non-hydrogen) atoms. The quantitative estimate of drug-likeness (QED) is 0.783. The molecule has 3 heteroatoms. The van der Waals surface area contributed by atoms with Crippen molar-refractivity contribution in [3.05, 3.63) is 35.9 Å². The van der Waals surface area contributed by atoms with Crippen molar-refractivity contribution in [3.63, 3.8) is 0 Å². The second kappa shape index (κ2) is 6.79. The zero-order valence-corrected chi connectivity index (χ0v) is 12.1. The van der Waals surface area contributed by atoms with Crippen LogP contribution in [0.2, 0.25) is 0 Å². The van der Waals surface area contributed by atoms with Crippen LogP contribution in [0.15, 0.2) is 30.3 Å². The van der Waals surface area contributed by atoms with Crippen LogP contribution in [0.3, 0.4) is 0 Å². The molecule has 1 aromatic rings. The van der Waals surface area contributed by atoms with Crippen molar-refractivity contribution in [2.24, 2.45) is 0 Å². The number of hydrogen-bond donors (Lipinski definition) is 1.